The van der Waals surface area contributed by atoms with Gasteiger partial charge in [-0.2, -0.15) is 0 Å². The highest BCUT2D eigenvalue weighted by Crippen LogP contribution is 2.29. The third-order valence-corrected chi connectivity index (χ3v) is 1.99. The fourth-order valence-electron chi connectivity index (χ4n) is 1.22. The van der Waals surface area contributed by atoms with Crippen molar-refractivity contribution >= 4 is 0 Å². The molecule has 0 amide bonds. The summed E-state index contributed by atoms with van der Waals surface area (Å²) >= 11 is 0. The van der Waals surface area contributed by atoms with Gasteiger partial charge in [0.25, 0.3) is 0 Å². The molecule has 1 fully saturated rings. The average Bonchev–Trinajstić information content (AvgIpc) is 1.77. The predicted octanol–water partition coefficient (Wildman–Crippen LogP) is 1.73. The van der Waals surface area contributed by atoms with Crippen LogP contribution in [0.15, 0.2) is 0 Å². The van der Waals surface area contributed by atoms with E-state index in [4.69, 9.17) is 0 Å². The molecule has 1 aliphatic rings. The molecule has 0 atom stereocenters. The molecule has 0 bridgehead atoms. The fraction of sp³-hybridized carbons (Fsp3) is 1.00. The Morgan fingerprint density at radius 3 is 2.50 bits per heavy atom. The fourth-order valence-corrected chi connectivity index (χ4v) is 1.22. The largest absolute Gasteiger partial charge is 0.314 e. The van der Waals surface area contributed by atoms with Crippen molar-refractivity contribution in [2.24, 2.45) is 5.92 Å². The molecule has 1 N–H and O–H groups in total. The molecule has 60 valence electrons. The number of alkyl halides is 1. The van der Waals surface area contributed by atoms with Crippen LogP contribution in [-0.2, 0) is 0 Å². The lowest BCUT2D eigenvalue weighted by molar-refractivity contribution is 0.128. The lowest BCUT2D eigenvalue weighted by Gasteiger charge is -2.30. The van der Waals surface area contributed by atoms with Crippen molar-refractivity contribution in [1.82, 2.24) is 5.32 Å². The first-order valence-electron chi connectivity index (χ1n) is 4.06. The summed E-state index contributed by atoms with van der Waals surface area (Å²) in [5, 5.41) is 3.30. The van der Waals surface area contributed by atoms with Gasteiger partial charge in [-0.05, 0) is 25.3 Å². The summed E-state index contributed by atoms with van der Waals surface area (Å²) in [5.41, 5.74) is 0. The monoisotopic (exact) mass is 145 g/mol. The number of rotatable bonds is 3. The molecule has 1 aliphatic carbocycles. The van der Waals surface area contributed by atoms with E-state index < -0.39 is 6.17 Å². The van der Waals surface area contributed by atoms with Crippen molar-refractivity contribution in [2.45, 2.75) is 38.9 Å². The minimum atomic E-state index is -0.501. The van der Waals surface area contributed by atoms with E-state index >= 15 is 0 Å². The zero-order chi connectivity index (χ0) is 7.56. The second-order valence-electron chi connectivity index (χ2n) is 3.50. The topological polar surface area (TPSA) is 12.0 Å². The summed E-state index contributed by atoms with van der Waals surface area (Å²) in [5.74, 6) is 0.609. The van der Waals surface area contributed by atoms with Gasteiger partial charge in [-0.3, -0.25) is 0 Å². The number of hydrogen-bond acceptors (Lipinski definition) is 1. The molecule has 1 saturated carbocycles. The summed E-state index contributed by atoms with van der Waals surface area (Å²) in [4.78, 5) is 0. The zero-order valence-corrected chi connectivity index (χ0v) is 6.73. The highest BCUT2D eigenvalue weighted by Gasteiger charge is 2.28. The first-order valence-corrected chi connectivity index (χ1v) is 4.06. The van der Waals surface area contributed by atoms with E-state index in [0.717, 1.165) is 19.4 Å². The van der Waals surface area contributed by atoms with Crippen LogP contribution in [0, 0.1) is 5.92 Å². The molecule has 0 spiro atoms. The van der Waals surface area contributed by atoms with Crippen LogP contribution in [0.5, 0.6) is 0 Å². The Morgan fingerprint density at radius 1 is 1.50 bits per heavy atom. The summed E-state index contributed by atoms with van der Waals surface area (Å²) in [6.07, 6.45) is 1.05. The molecule has 0 aromatic heterocycles. The SMILES string of the molecule is CC(C)NCC1CC(F)C1. The van der Waals surface area contributed by atoms with Gasteiger partial charge in [0.15, 0.2) is 0 Å². The summed E-state index contributed by atoms with van der Waals surface area (Å²) < 4.78 is 12.3. The molecule has 10 heavy (non-hydrogen) atoms. The van der Waals surface area contributed by atoms with Gasteiger partial charge < -0.3 is 5.32 Å². The molecule has 0 saturated heterocycles. The Bertz CT molecular complexity index is 97.4. The van der Waals surface area contributed by atoms with E-state index in [-0.39, 0.29) is 0 Å². The van der Waals surface area contributed by atoms with Gasteiger partial charge in [0.05, 0.1) is 0 Å². The Labute approximate surface area is 62.0 Å². The molecule has 1 nitrogen and oxygen atoms in total. The van der Waals surface area contributed by atoms with Crippen molar-refractivity contribution in [3.8, 4) is 0 Å². The molecular formula is C8H16FN. The van der Waals surface area contributed by atoms with E-state index in [9.17, 15) is 4.39 Å². The van der Waals surface area contributed by atoms with Gasteiger partial charge in [0, 0.05) is 6.04 Å². The van der Waals surface area contributed by atoms with Crippen LogP contribution in [-0.4, -0.2) is 18.8 Å². The van der Waals surface area contributed by atoms with E-state index in [0.29, 0.717) is 12.0 Å². The number of nitrogens with one attached hydrogen (secondary N) is 1. The van der Waals surface area contributed by atoms with Crippen LogP contribution in [0.3, 0.4) is 0 Å². The maximum atomic E-state index is 12.3. The molecule has 0 heterocycles. The first-order chi connectivity index (χ1) is 4.68. The highest BCUT2D eigenvalue weighted by molar-refractivity contribution is 4.80. The van der Waals surface area contributed by atoms with Crippen molar-refractivity contribution < 1.29 is 4.39 Å². The third kappa shape index (κ3) is 2.25. The van der Waals surface area contributed by atoms with E-state index in [1.54, 1.807) is 0 Å². The predicted molar refractivity (Wildman–Crippen MR) is 40.8 cm³/mol. The lowest BCUT2D eigenvalue weighted by Crippen LogP contribution is -2.36. The van der Waals surface area contributed by atoms with Crippen LogP contribution in [0.4, 0.5) is 4.39 Å². The second kappa shape index (κ2) is 3.33. The number of hydrogen-bond donors (Lipinski definition) is 1. The minimum Gasteiger partial charge on any atom is -0.314 e. The maximum absolute atomic E-state index is 12.3. The van der Waals surface area contributed by atoms with Crippen molar-refractivity contribution in [3.05, 3.63) is 0 Å². The van der Waals surface area contributed by atoms with Crippen LogP contribution >= 0.6 is 0 Å². The van der Waals surface area contributed by atoms with Gasteiger partial charge in [-0.1, -0.05) is 13.8 Å². The lowest BCUT2D eigenvalue weighted by atomic mass is 9.83. The first kappa shape index (κ1) is 7.99. The Balaban J connectivity index is 1.95. The number of halogens is 1. The van der Waals surface area contributed by atoms with Gasteiger partial charge in [-0.15, -0.1) is 0 Å². The molecule has 0 radical (unpaired) electrons. The normalized spacial score (nSPS) is 32.4. The summed E-state index contributed by atoms with van der Waals surface area (Å²) in [7, 11) is 0. The van der Waals surface area contributed by atoms with E-state index in [1.165, 1.54) is 0 Å². The smallest absolute Gasteiger partial charge is 0.101 e. The van der Waals surface area contributed by atoms with Crippen molar-refractivity contribution in [2.75, 3.05) is 6.54 Å². The quantitative estimate of drug-likeness (QED) is 0.637. The highest BCUT2D eigenvalue weighted by atomic mass is 19.1. The van der Waals surface area contributed by atoms with Gasteiger partial charge >= 0.3 is 0 Å². The Kier molecular flexibility index (Phi) is 2.66. The van der Waals surface area contributed by atoms with Crippen molar-refractivity contribution in [3.63, 3.8) is 0 Å². The molecule has 0 aromatic rings. The van der Waals surface area contributed by atoms with Crippen LogP contribution in [0.1, 0.15) is 26.7 Å². The Morgan fingerprint density at radius 2 is 2.10 bits per heavy atom. The van der Waals surface area contributed by atoms with Crippen LogP contribution in [0.2, 0.25) is 0 Å². The third-order valence-electron chi connectivity index (χ3n) is 1.99. The second-order valence-corrected chi connectivity index (χ2v) is 3.50. The maximum Gasteiger partial charge on any atom is 0.101 e. The molecule has 1 rings (SSSR count). The van der Waals surface area contributed by atoms with Gasteiger partial charge in [-0.25, -0.2) is 4.39 Å². The van der Waals surface area contributed by atoms with Gasteiger partial charge in [0.1, 0.15) is 6.17 Å². The van der Waals surface area contributed by atoms with Crippen molar-refractivity contribution in [1.29, 1.82) is 0 Å². The van der Waals surface area contributed by atoms with E-state index in [1.807, 2.05) is 0 Å². The zero-order valence-electron chi connectivity index (χ0n) is 6.73. The minimum absolute atomic E-state index is 0.501. The molecule has 0 aromatic carbocycles. The summed E-state index contributed by atoms with van der Waals surface area (Å²) in [6.45, 7) is 5.23. The molecule has 0 aliphatic heterocycles. The molecule has 0 unspecified atom stereocenters. The van der Waals surface area contributed by atoms with Gasteiger partial charge in [0.2, 0.25) is 0 Å². The average molecular weight is 145 g/mol. The molecular weight excluding hydrogens is 129 g/mol. The summed E-state index contributed by atoms with van der Waals surface area (Å²) in [6, 6.07) is 0.540. The van der Waals surface area contributed by atoms with E-state index in [2.05, 4.69) is 19.2 Å². The molecule has 2 heteroatoms. The Hall–Kier alpha value is -0.110. The standard InChI is InChI=1S/C8H16FN/c1-6(2)10-5-7-3-8(9)4-7/h6-8,10H,3-5H2,1-2H3. The van der Waals surface area contributed by atoms with Crippen LogP contribution in [0.25, 0.3) is 0 Å². The van der Waals surface area contributed by atoms with Crippen LogP contribution < -0.4 is 5.32 Å².